The third kappa shape index (κ3) is 4.81. The molecule has 1 amide bonds. The van der Waals surface area contributed by atoms with Crippen LogP contribution in [0.15, 0.2) is 27.5 Å². The number of rotatable bonds is 7. The molecule has 11 heteroatoms. The Hall–Kier alpha value is -2.37. The molecular formula is C14H13BrF2N4O4. The predicted octanol–water partition coefficient (Wildman–Crippen LogP) is 1.25. The average molecular weight is 419 g/mol. The second-order valence-electron chi connectivity index (χ2n) is 4.62. The van der Waals surface area contributed by atoms with Crippen LogP contribution in [0.1, 0.15) is 10.5 Å². The Morgan fingerprint density at radius 3 is 2.84 bits per heavy atom. The van der Waals surface area contributed by atoms with Crippen molar-refractivity contribution in [3.63, 3.8) is 0 Å². The minimum atomic E-state index is -1.32. The number of aromatic amines is 1. The molecule has 0 aliphatic rings. The zero-order chi connectivity index (χ0) is 18.4. The molecule has 0 radical (unpaired) electrons. The molecule has 1 aromatic carbocycles. The molecule has 4 N–H and O–H groups in total. The van der Waals surface area contributed by atoms with Gasteiger partial charge in [0, 0.05) is 4.47 Å². The van der Waals surface area contributed by atoms with Crippen molar-refractivity contribution < 1.29 is 23.4 Å². The van der Waals surface area contributed by atoms with Gasteiger partial charge in [-0.25, -0.2) is 9.49 Å². The second-order valence-corrected chi connectivity index (χ2v) is 5.54. The summed E-state index contributed by atoms with van der Waals surface area (Å²) < 4.78 is 33.4. The number of hydrogen-bond donors (Lipinski definition) is 4. The topological polar surface area (TPSA) is 116 Å². The van der Waals surface area contributed by atoms with E-state index >= 15 is 0 Å². The van der Waals surface area contributed by atoms with Crippen LogP contribution in [0.2, 0.25) is 0 Å². The average Bonchev–Trinajstić information content (AvgIpc) is 2.58. The van der Waals surface area contributed by atoms with E-state index in [1.54, 1.807) is 0 Å². The molecule has 0 aliphatic carbocycles. The Labute approximate surface area is 148 Å². The molecule has 134 valence electrons. The van der Waals surface area contributed by atoms with Crippen LogP contribution in [0.3, 0.4) is 0 Å². The molecule has 0 atom stereocenters. The van der Waals surface area contributed by atoms with Crippen molar-refractivity contribution in [3.8, 4) is 0 Å². The summed E-state index contributed by atoms with van der Waals surface area (Å²) in [6, 6.07) is 3.92. The molecule has 0 bridgehead atoms. The lowest BCUT2D eigenvalue weighted by molar-refractivity contribution is 0.0660. The number of nitrogens with one attached hydrogen (secondary N) is 3. The van der Waals surface area contributed by atoms with Gasteiger partial charge in [0.1, 0.15) is 18.2 Å². The van der Waals surface area contributed by atoms with Gasteiger partial charge >= 0.3 is 5.56 Å². The van der Waals surface area contributed by atoms with Gasteiger partial charge in [0.15, 0.2) is 5.69 Å². The molecule has 0 saturated heterocycles. The van der Waals surface area contributed by atoms with Gasteiger partial charge in [-0.2, -0.15) is 9.49 Å². The van der Waals surface area contributed by atoms with Gasteiger partial charge in [0.25, 0.3) is 5.91 Å². The molecule has 8 nitrogen and oxygen atoms in total. The lowest BCUT2D eigenvalue weighted by atomic mass is 10.2. The van der Waals surface area contributed by atoms with E-state index in [9.17, 15) is 18.4 Å². The van der Waals surface area contributed by atoms with Crippen LogP contribution in [0, 0.1) is 11.6 Å². The number of H-pyrrole nitrogens is 1. The lowest BCUT2D eigenvalue weighted by Crippen LogP contribution is -2.30. The highest BCUT2D eigenvalue weighted by atomic mass is 79.9. The third-order valence-electron chi connectivity index (χ3n) is 2.90. The number of aliphatic hydroxyl groups excluding tert-OH is 1. The Morgan fingerprint density at radius 2 is 2.16 bits per heavy atom. The number of aliphatic hydroxyl groups is 1. The van der Waals surface area contributed by atoms with Gasteiger partial charge < -0.3 is 20.5 Å². The zero-order valence-corrected chi connectivity index (χ0v) is 14.2. The van der Waals surface area contributed by atoms with Gasteiger partial charge in [-0.3, -0.25) is 9.59 Å². The first-order chi connectivity index (χ1) is 11.9. The van der Waals surface area contributed by atoms with E-state index in [0.29, 0.717) is 4.47 Å². The van der Waals surface area contributed by atoms with E-state index in [-0.39, 0.29) is 25.6 Å². The van der Waals surface area contributed by atoms with E-state index in [2.05, 4.69) is 31.7 Å². The van der Waals surface area contributed by atoms with Gasteiger partial charge in [0.2, 0.25) is 5.82 Å². The Balaban J connectivity index is 2.30. The molecule has 0 fully saturated rings. The van der Waals surface area contributed by atoms with Gasteiger partial charge in [0.05, 0.1) is 18.9 Å². The molecule has 2 aromatic rings. The minimum Gasteiger partial charge on any atom is -0.394 e. The quantitative estimate of drug-likeness (QED) is 0.397. The Morgan fingerprint density at radius 1 is 1.40 bits per heavy atom. The summed E-state index contributed by atoms with van der Waals surface area (Å²) in [6.07, 6.45) is 0. The number of aromatic nitrogens is 2. The van der Waals surface area contributed by atoms with E-state index in [1.807, 2.05) is 5.10 Å². The van der Waals surface area contributed by atoms with E-state index < -0.39 is 34.5 Å². The number of carbonyl (C=O) groups excluding carboxylic acids is 1. The summed E-state index contributed by atoms with van der Waals surface area (Å²) in [6.45, 7) is -0.520. The van der Waals surface area contributed by atoms with Crippen LogP contribution in [-0.2, 0) is 4.74 Å². The van der Waals surface area contributed by atoms with Crippen LogP contribution in [0.4, 0.5) is 20.2 Å². The van der Waals surface area contributed by atoms with Crippen molar-refractivity contribution in [1.29, 1.82) is 0 Å². The van der Waals surface area contributed by atoms with Crippen molar-refractivity contribution in [2.24, 2.45) is 0 Å². The number of nitrogens with zero attached hydrogens (tertiary/aromatic N) is 1. The Bertz CT molecular complexity index is 831. The van der Waals surface area contributed by atoms with E-state index in [4.69, 9.17) is 9.84 Å². The fourth-order valence-electron chi connectivity index (χ4n) is 1.77. The molecule has 0 saturated carbocycles. The van der Waals surface area contributed by atoms with Crippen molar-refractivity contribution in [2.45, 2.75) is 0 Å². The maximum atomic E-state index is 14.1. The number of hydrogen-bond acceptors (Lipinski definition) is 6. The zero-order valence-electron chi connectivity index (χ0n) is 12.6. The molecule has 1 aromatic heterocycles. The van der Waals surface area contributed by atoms with Crippen LogP contribution in [-0.4, -0.2) is 41.2 Å². The first kappa shape index (κ1) is 19.0. The molecule has 0 aliphatic heterocycles. The van der Waals surface area contributed by atoms with Crippen LogP contribution >= 0.6 is 15.9 Å². The molecule has 1 heterocycles. The summed E-state index contributed by atoms with van der Waals surface area (Å²) in [5.74, 6) is -2.92. The van der Waals surface area contributed by atoms with Crippen LogP contribution < -0.4 is 16.2 Å². The summed E-state index contributed by atoms with van der Waals surface area (Å²) in [4.78, 5) is 23.5. The van der Waals surface area contributed by atoms with Crippen molar-refractivity contribution >= 4 is 33.2 Å². The minimum absolute atomic E-state index is 0.0110. The molecule has 25 heavy (non-hydrogen) atoms. The first-order valence-electron chi connectivity index (χ1n) is 6.91. The summed E-state index contributed by atoms with van der Waals surface area (Å²) in [5, 5.41) is 18.5. The Kier molecular flexibility index (Phi) is 6.56. The SMILES string of the molecule is O=C(NCOCCO)c1n[nH]c(=O)c(F)c1Nc1ccc(Br)cc1F. The predicted molar refractivity (Wildman–Crippen MR) is 87.6 cm³/mol. The smallest absolute Gasteiger partial charge is 0.302 e. The van der Waals surface area contributed by atoms with Gasteiger partial charge in [-0.05, 0) is 18.2 Å². The van der Waals surface area contributed by atoms with Gasteiger partial charge in [-0.15, -0.1) is 0 Å². The highest BCUT2D eigenvalue weighted by molar-refractivity contribution is 9.10. The molecule has 2 rings (SSSR count). The normalized spacial score (nSPS) is 10.6. The summed E-state index contributed by atoms with van der Waals surface area (Å²) in [7, 11) is 0. The number of ether oxygens (including phenoxy) is 1. The van der Waals surface area contributed by atoms with E-state index in [0.717, 1.165) is 6.07 Å². The monoisotopic (exact) mass is 418 g/mol. The highest BCUT2D eigenvalue weighted by Gasteiger charge is 2.21. The van der Waals surface area contributed by atoms with Crippen LogP contribution in [0.5, 0.6) is 0 Å². The van der Waals surface area contributed by atoms with Crippen molar-refractivity contribution in [1.82, 2.24) is 15.5 Å². The maximum absolute atomic E-state index is 14.1. The molecule has 0 unspecified atom stereocenters. The van der Waals surface area contributed by atoms with Crippen molar-refractivity contribution in [2.75, 3.05) is 25.3 Å². The number of benzene rings is 1. The number of carbonyl (C=O) groups is 1. The van der Waals surface area contributed by atoms with Gasteiger partial charge in [-0.1, -0.05) is 15.9 Å². The highest BCUT2D eigenvalue weighted by Crippen LogP contribution is 2.25. The fraction of sp³-hybridized carbons (Fsp3) is 0.214. The summed E-state index contributed by atoms with van der Waals surface area (Å²) >= 11 is 3.08. The second kappa shape index (κ2) is 8.65. The van der Waals surface area contributed by atoms with Crippen LogP contribution in [0.25, 0.3) is 0 Å². The fourth-order valence-corrected chi connectivity index (χ4v) is 2.10. The first-order valence-corrected chi connectivity index (χ1v) is 7.70. The standard InChI is InChI=1S/C14H13BrF2N4O4/c15-7-1-2-9(8(16)5-7)19-11-10(17)13(23)21-20-12(11)14(24)18-6-25-4-3-22/h1-2,5,22H,3-4,6H2,(H,18,24)(H2,19,21,23). The van der Waals surface area contributed by atoms with Crippen molar-refractivity contribution in [3.05, 3.63) is 50.4 Å². The number of anilines is 2. The number of amides is 1. The molecular weight excluding hydrogens is 406 g/mol. The lowest BCUT2D eigenvalue weighted by Gasteiger charge is -2.12. The third-order valence-corrected chi connectivity index (χ3v) is 3.39. The van der Waals surface area contributed by atoms with E-state index in [1.165, 1.54) is 12.1 Å². The maximum Gasteiger partial charge on any atom is 0.302 e. The summed E-state index contributed by atoms with van der Waals surface area (Å²) in [5.41, 5.74) is -2.40. The number of halogens is 3. The molecule has 0 spiro atoms. The largest absolute Gasteiger partial charge is 0.394 e.